The Kier molecular flexibility index (Phi) is 2.73. The van der Waals surface area contributed by atoms with Crippen molar-refractivity contribution in [1.82, 2.24) is 14.9 Å². The van der Waals surface area contributed by atoms with Crippen LogP contribution in [0.1, 0.15) is 12.8 Å². The van der Waals surface area contributed by atoms with Crippen LogP contribution in [0.4, 0.5) is 5.69 Å². The standard InChI is InChI=1S/C13H18N4/c1-17-9-5-11-13(17)12(4-8-15-11)16-10-2-6-14-7-3-10/h4-5,8-10,14H,2-3,6-7H2,1H3,(H,15,16). The van der Waals surface area contributed by atoms with E-state index in [9.17, 15) is 0 Å². The second-order valence-electron chi connectivity index (χ2n) is 4.69. The molecule has 17 heavy (non-hydrogen) atoms. The predicted molar refractivity (Wildman–Crippen MR) is 70.2 cm³/mol. The zero-order chi connectivity index (χ0) is 11.7. The van der Waals surface area contributed by atoms with Gasteiger partial charge in [-0.05, 0) is 38.1 Å². The molecular weight excluding hydrogens is 212 g/mol. The van der Waals surface area contributed by atoms with Crippen LogP contribution in [-0.4, -0.2) is 28.7 Å². The van der Waals surface area contributed by atoms with E-state index in [4.69, 9.17) is 0 Å². The molecule has 2 aromatic heterocycles. The third-order valence-corrected chi connectivity index (χ3v) is 3.46. The van der Waals surface area contributed by atoms with Gasteiger partial charge in [0.05, 0.1) is 16.7 Å². The van der Waals surface area contributed by atoms with E-state index in [2.05, 4.69) is 45.6 Å². The maximum atomic E-state index is 4.38. The molecule has 0 spiro atoms. The van der Waals surface area contributed by atoms with E-state index in [1.165, 1.54) is 24.0 Å². The van der Waals surface area contributed by atoms with E-state index >= 15 is 0 Å². The Labute approximate surface area is 101 Å². The van der Waals surface area contributed by atoms with Crippen molar-refractivity contribution in [2.75, 3.05) is 18.4 Å². The normalized spacial score (nSPS) is 17.5. The van der Waals surface area contributed by atoms with Crippen LogP contribution < -0.4 is 10.6 Å². The predicted octanol–water partition coefficient (Wildman–Crippen LogP) is 1.74. The molecule has 1 saturated heterocycles. The van der Waals surface area contributed by atoms with Gasteiger partial charge in [-0.3, -0.25) is 4.98 Å². The minimum atomic E-state index is 0.580. The molecule has 0 aliphatic carbocycles. The summed E-state index contributed by atoms with van der Waals surface area (Å²) in [5.74, 6) is 0. The molecule has 0 aromatic carbocycles. The lowest BCUT2D eigenvalue weighted by Crippen LogP contribution is -2.35. The van der Waals surface area contributed by atoms with Crippen LogP contribution in [0.5, 0.6) is 0 Å². The fourth-order valence-corrected chi connectivity index (χ4v) is 2.52. The Balaban J connectivity index is 1.91. The lowest BCUT2D eigenvalue weighted by Gasteiger charge is -2.25. The number of hydrogen-bond acceptors (Lipinski definition) is 3. The zero-order valence-corrected chi connectivity index (χ0v) is 10.1. The van der Waals surface area contributed by atoms with Crippen LogP contribution in [0.15, 0.2) is 24.5 Å². The van der Waals surface area contributed by atoms with Gasteiger partial charge in [0.25, 0.3) is 0 Å². The van der Waals surface area contributed by atoms with E-state index in [0.29, 0.717) is 6.04 Å². The highest BCUT2D eigenvalue weighted by atomic mass is 15.0. The molecule has 4 nitrogen and oxygen atoms in total. The van der Waals surface area contributed by atoms with E-state index < -0.39 is 0 Å². The number of pyridine rings is 1. The highest BCUT2D eigenvalue weighted by Crippen LogP contribution is 2.23. The molecule has 0 unspecified atom stereocenters. The number of nitrogens with zero attached hydrogens (tertiary/aromatic N) is 2. The summed E-state index contributed by atoms with van der Waals surface area (Å²) in [6.07, 6.45) is 6.32. The molecule has 1 aliphatic heterocycles. The van der Waals surface area contributed by atoms with Gasteiger partial charge in [0, 0.05) is 25.5 Å². The Morgan fingerprint density at radius 1 is 1.35 bits per heavy atom. The molecule has 0 atom stereocenters. The smallest absolute Gasteiger partial charge is 0.0902 e. The van der Waals surface area contributed by atoms with Gasteiger partial charge >= 0.3 is 0 Å². The van der Waals surface area contributed by atoms with Crippen molar-refractivity contribution in [3.05, 3.63) is 24.5 Å². The third kappa shape index (κ3) is 2.00. The van der Waals surface area contributed by atoms with Crippen molar-refractivity contribution in [2.24, 2.45) is 7.05 Å². The van der Waals surface area contributed by atoms with Crippen molar-refractivity contribution in [3.8, 4) is 0 Å². The molecular formula is C13H18N4. The first-order chi connectivity index (χ1) is 8.34. The van der Waals surface area contributed by atoms with Crippen LogP contribution in [0.2, 0.25) is 0 Å². The first kappa shape index (κ1) is 10.6. The topological polar surface area (TPSA) is 41.9 Å². The molecule has 1 fully saturated rings. The average Bonchev–Trinajstić information content (AvgIpc) is 2.74. The molecule has 4 heteroatoms. The van der Waals surface area contributed by atoms with Crippen molar-refractivity contribution < 1.29 is 0 Å². The summed E-state index contributed by atoms with van der Waals surface area (Å²) in [6.45, 7) is 2.22. The van der Waals surface area contributed by atoms with Crippen molar-refractivity contribution in [2.45, 2.75) is 18.9 Å². The molecule has 1 aliphatic rings. The Morgan fingerprint density at radius 2 is 2.18 bits per heavy atom. The number of aromatic nitrogens is 2. The molecule has 0 saturated carbocycles. The van der Waals surface area contributed by atoms with E-state index in [1.54, 1.807) is 0 Å². The van der Waals surface area contributed by atoms with Crippen LogP contribution in [0, 0.1) is 0 Å². The minimum absolute atomic E-state index is 0.580. The summed E-state index contributed by atoms with van der Waals surface area (Å²) >= 11 is 0. The van der Waals surface area contributed by atoms with Gasteiger partial charge in [-0.25, -0.2) is 0 Å². The number of nitrogens with one attached hydrogen (secondary N) is 2. The van der Waals surface area contributed by atoms with Gasteiger partial charge in [-0.15, -0.1) is 0 Å². The Hall–Kier alpha value is -1.55. The van der Waals surface area contributed by atoms with Crippen LogP contribution in [-0.2, 0) is 7.05 Å². The van der Waals surface area contributed by atoms with Gasteiger partial charge < -0.3 is 15.2 Å². The van der Waals surface area contributed by atoms with Gasteiger partial charge in [0.15, 0.2) is 0 Å². The summed E-state index contributed by atoms with van der Waals surface area (Å²) in [6, 6.07) is 4.71. The first-order valence-corrected chi connectivity index (χ1v) is 6.22. The largest absolute Gasteiger partial charge is 0.380 e. The van der Waals surface area contributed by atoms with Crippen molar-refractivity contribution in [1.29, 1.82) is 0 Å². The minimum Gasteiger partial charge on any atom is -0.380 e. The summed E-state index contributed by atoms with van der Waals surface area (Å²) in [4.78, 5) is 4.38. The summed E-state index contributed by atoms with van der Waals surface area (Å²) in [5, 5.41) is 7.04. The van der Waals surface area contributed by atoms with E-state index in [0.717, 1.165) is 18.6 Å². The highest BCUT2D eigenvalue weighted by Gasteiger charge is 2.14. The zero-order valence-electron chi connectivity index (χ0n) is 10.1. The fourth-order valence-electron chi connectivity index (χ4n) is 2.52. The fraction of sp³-hybridized carbons (Fsp3) is 0.462. The third-order valence-electron chi connectivity index (χ3n) is 3.46. The van der Waals surface area contributed by atoms with E-state index in [-0.39, 0.29) is 0 Å². The molecule has 90 valence electrons. The number of hydrogen-bond donors (Lipinski definition) is 2. The monoisotopic (exact) mass is 230 g/mol. The highest BCUT2D eigenvalue weighted by molar-refractivity contribution is 5.88. The average molecular weight is 230 g/mol. The number of fused-ring (bicyclic) bond motifs is 1. The molecule has 2 N–H and O–H groups in total. The molecule has 2 aromatic rings. The summed E-state index contributed by atoms with van der Waals surface area (Å²) in [5.41, 5.74) is 3.46. The second kappa shape index (κ2) is 4.37. The molecule has 3 heterocycles. The summed E-state index contributed by atoms with van der Waals surface area (Å²) in [7, 11) is 2.07. The van der Waals surface area contributed by atoms with Gasteiger partial charge in [0.1, 0.15) is 0 Å². The lowest BCUT2D eigenvalue weighted by molar-refractivity contribution is 0.479. The molecule has 0 bridgehead atoms. The van der Waals surface area contributed by atoms with Crippen LogP contribution in [0.25, 0.3) is 11.0 Å². The van der Waals surface area contributed by atoms with Crippen LogP contribution >= 0.6 is 0 Å². The van der Waals surface area contributed by atoms with Gasteiger partial charge in [-0.2, -0.15) is 0 Å². The van der Waals surface area contributed by atoms with Crippen molar-refractivity contribution in [3.63, 3.8) is 0 Å². The number of rotatable bonds is 2. The second-order valence-corrected chi connectivity index (χ2v) is 4.69. The van der Waals surface area contributed by atoms with Gasteiger partial charge in [0.2, 0.25) is 0 Å². The van der Waals surface area contributed by atoms with Gasteiger partial charge in [-0.1, -0.05) is 0 Å². The Bertz CT molecular complexity index is 511. The Morgan fingerprint density at radius 3 is 3.00 bits per heavy atom. The molecule has 0 radical (unpaired) electrons. The maximum Gasteiger partial charge on any atom is 0.0902 e. The number of aryl methyl sites for hydroxylation is 1. The maximum absolute atomic E-state index is 4.38. The van der Waals surface area contributed by atoms with E-state index in [1.807, 2.05) is 6.20 Å². The number of anilines is 1. The van der Waals surface area contributed by atoms with Crippen LogP contribution in [0.3, 0.4) is 0 Å². The SMILES string of the molecule is Cn1ccc2nccc(NC3CCNCC3)c21. The first-order valence-electron chi connectivity index (χ1n) is 6.22. The van der Waals surface area contributed by atoms with Crippen molar-refractivity contribution >= 4 is 16.7 Å². The molecule has 0 amide bonds. The number of piperidine rings is 1. The lowest BCUT2D eigenvalue weighted by atomic mass is 10.1. The molecule has 3 rings (SSSR count). The summed E-state index contributed by atoms with van der Waals surface area (Å²) < 4.78 is 2.13. The quantitative estimate of drug-likeness (QED) is 0.825.